The van der Waals surface area contributed by atoms with Crippen LogP contribution < -0.4 is 19.8 Å². The summed E-state index contributed by atoms with van der Waals surface area (Å²) in [6.45, 7) is 0. The molecular weight excluding hydrogens is 845 g/mol. The SMILES string of the molecule is COc1ccc(C23C(=O)N(Nc4ccc(Cl)cc4Cl)C(=O)C2CC2C(=CCC4C(=O)N(c5ccc(C(=O)O)c(O)c5)C(=O)C42)C3c2cc(Br)cc(OC)c2O)cc1. The number of phenols is 2. The van der Waals surface area contributed by atoms with Gasteiger partial charge in [-0.3, -0.25) is 24.6 Å². The molecule has 4 amide bonds. The number of aromatic carboxylic acids is 1. The first-order chi connectivity index (χ1) is 27.2. The van der Waals surface area contributed by atoms with E-state index in [9.17, 15) is 29.7 Å². The number of ether oxygens (including phenoxy) is 2. The van der Waals surface area contributed by atoms with Crippen molar-refractivity contribution in [2.24, 2.45) is 23.7 Å². The molecule has 4 aromatic carbocycles. The zero-order chi connectivity index (χ0) is 40.7. The van der Waals surface area contributed by atoms with E-state index in [0.717, 1.165) is 22.0 Å². The lowest BCUT2D eigenvalue weighted by Crippen LogP contribution is -2.53. The van der Waals surface area contributed by atoms with Gasteiger partial charge in [0.2, 0.25) is 11.8 Å². The molecule has 2 aliphatic carbocycles. The number of methoxy groups -OCH3 is 2. The van der Waals surface area contributed by atoms with E-state index in [2.05, 4.69) is 21.4 Å². The van der Waals surface area contributed by atoms with Crippen LogP contribution in [0.25, 0.3) is 0 Å². The van der Waals surface area contributed by atoms with Gasteiger partial charge >= 0.3 is 5.97 Å². The van der Waals surface area contributed by atoms with E-state index in [1.807, 2.05) is 6.08 Å². The van der Waals surface area contributed by atoms with Crippen molar-refractivity contribution >= 4 is 80.1 Å². The topological polar surface area (TPSA) is 183 Å². The number of hydrogen-bond donors (Lipinski definition) is 4. The summed E-state index contributed by atoms with van der Waals surface area (Å²) in [6.07, 6.45) is 1.82. The van der Waals surface area contributed by atoms with E-state index in [1.165, 1.54) is 32.4 Å². The Morgan fingerprint density at radius 3 is 2.28 bits per heavy atom. The molecule has 8 rings (SSSR count). The lowest BCUT2D eigenvalue weighted by molar-refractivity contribution is -0.138. The van der Waals surface area contributed by atoms with Crippen molar-refractivity contribution in [3.05, 3.63) is 116 Å². The molecule has 2 saturated heterocycles. The first-order valence-electron chi connectivity index (χ1n) is 17.7. The second-order valence-corrected chi connectivity index (χ2v) is 16.0. The van der Waals surface area contributed by atoms with Gasteiger partial charge in [0.25, 0.3) is 11.8 Å². The molecule has 0 radical (unpaired) electrons. The molecule has 16 heteroatoms. The number of fused-ring (bicyclic) bond motifs is 4. The predicted molar refractivity (Wildman–Crippen MR) is 211 cm³/mol. The van der Waals surface area contributed by atoms with Crippen molar-refractivity contribution in [3.8, 4) is 23.0 Å². The number of hydrazine groups is 1. The molecule has 1 saturated carbocycles. The van der Waals surface area contributed by atoms with Crippen molar-refractivity contribution in [2.45, 2.75) is 24.2 Å². The van der Waals surface area contributed by atoms with Gasteiger partial charge in [-0.2, -0.15) is 5.01 Å². The van der Waals surface area contributed by atoms with Crippen molar-refractivity contribution in [2.75, 3.05) is 24.5 Å². The number of anilines is 2. The number of rotatable bonds is 8. The second-order valence-electron chi connectivity index (χ2n) is 14.3. The fraction of sp³-hybridized carbons (Fsp3) is 0.244. The van der Waals surface area contributed by atoms with Gasteiger partial charge in [-0.25, -0.2) is 9.69 Å². The quantitative estimate of drug-likeness (QED) is 0.105. The van der Waals surface area contributed by atoms with Crippen LogP contribution >= 0.6 is 39.1 Å². The minimum atomic E-state index is -1.75. The van der Waals surface area contributed by atoms with Crippen LogP contribution in [0, 0.1) is 23.7 Å². The number of hydrogen-bond acceptors (Lipinski definition) is 10. The van der Waals surface area contributed by atoms with E-state index < -0.39 is 75.9 Å². The second kappa shape index (κ2) is 14.1. The Balaban J connectivity index is 1.34. The molecular formula is C41H32BrCl2N3O10. The van der Waals surface area contributed by atoms with Gasteiger partial charge in [-0.1, -0.05) is 62.9 Å². The Bertz CT molecular complexity index is 2460. The predicted octanol–water partition coefficient (Wildman–Crippen LogP) is 7.07. The lowest BCUT2D eigenvalue weighted by atomic mass is 9.49. The number of phenolic OH excluding ortho intramolecular Hbond substituents is 1. The maximum Gasteiger partial charge on any atom is 0.339 e. The van der Waals surface area contributed by atoms with Gasteiger partial charge in [-0.05, 0) is 78.9 Å². The van der Waals surface area contributed by atoms with Crippen molar-refractivity contribution in [1.82, 2.24) is 5.01 Å². The standard InChI is InChI=1S/C41H32BrCl2N3O10/c1-56-22-7-3-18(4-8-22)41-28(37(51)47(40(41)55)45-30-12-5-20(43)15-29(30)44)17-26-23(34(41)27-13-19(42)14-32(57-2)35(27)49)10-11-25-33(26)38(52)46(36(25)50)21-6-9-24(39(53)54)31(48)16-21/h3-10,12-16,25-26,28,33-34,45,48-49H,11,17H2,1-2H3,(H,53,54). The number of carbonyl (C=O) groups is 5. The molecule has 4 aromatic rings. The number of nitrogens with one attached hydrogen (secondary N) is 1. The molecule has 13 nitrogen and oxygen atoms in total. The Morgan fingerprint density at radius 1 is 0.895 bits per heavy atom. The molecule has 0 spiro atoms. The molecule has 6 atom stereocenters. The van der Waals surface area contributed by atoms with Crippen molar-refractivity contribution < 1.29 is 48.8 Å². The van der Waals surface area contributed by atoms with Crippen LogP contribution in [-0.4, -0.2) is 64.1 Å². The molecule has 4 N–H and O–H groups in total. The normalized spacial score (nSPS) is 25.1. The van der Waals surface area contributed by atoms with Gasteiger partial charge in [0.1, 0.15) is 17.1 Å². The smallest absolute Gasteiger partial charge is 0.339 e. The van der Waals surface area contributed by atoms with Crippen molar-refractivity contribution in [1.29, 1.82) is 0 Å². The summed E-state index contributed by atoms with van der Waals surface area (Å²) in [5.41, 5.74) is 2.18. The number of halogens is 3. The molecule has 0 aromatic heterocycles. The Morgan fingerprint density at radius 2 is 1.63 bits per heavy atom. The highest BCUT2D eigenvalue weighted by molar-refractivity contribution is 9.10. The number of imide groups is 2. The minimum absolute atomic E-state index is 0.0138. The van der Waals surface area contributed by atoms with Crippen molar-refractivity contribution in [3.63, 3.8) is 0 Å². The fourth-order valence-electron chi connectivity index (χ4n) is 9.25. The van der Waals surface area contributed by atoms with Crippen LogP contribution in [0.4, 0.5) is 11.4 Å². The largest absolute Gasteiger partial charge is 0.507 e. The number of amides is 4. The van der Waals surface area contributed by atoms with E-state index in [4.69, 9.17) is 32.7 Å². The number of carbonyl (C=O) groups excluding carboxylic acids is 4. The molecule has 2 aliphatic heterocycles. The Hall–Kier alpha value is -5.57. The number of nitrogens with zero attached hydrogens (tertiary/aromatic N) is 2. The molecule has 0 bridgehead atoms. The highest BCUT2D eigenvalue weighted by Gasteiger charge is 2.71. The first kappa shape index (κ1) is 38.3. The zero-order valence-electron chi connectivity index (χ0n) is 30.0. The number of benzene rings is 4. The van der Waals surface area contributed by atoms with Gasteiger partial charge < -0.3 is 24.8 Å². The number of carboxylic acids is 1. The highest BCUT2D eigenvalue weighted by atomic mass is 79.9. The molecule has 292 valence electrons. The molecule has 2 heterocycles. The number of aromatic hydroxyl groups is 2. The maximum absolute atomic E-state index is 15.5. The summed E-state index contributed by atoms with van der Waals surface area (Å²) in [4.78, 5) is 71.8. The van der Waals surface area contributed by atoms with Gasteiger partial charge in [0.05, 0.1) is 53.8 Å². The fourth-order valence-corrected chi connectivity index (χ4v) is 10.2. The monoisotopic (exact) mass is 875 g/mol. The van der Waals surface area contributed by atoms with Crippen LogP contribution in [0.2, 0.25) is 10.0 Å². The van der Waals surface area contributed by atoms with Gasteiger partial charge in [0.15, 0.2) is 11.5 Å². The van der Waals surface area contributed by atoms with Gasteiger partial charge in [-0.15, -0.1) is 0 Å². The summed E-state index contributed by atoms with van der Waals surface area (Å²) in [5, 5.41) is 33.3. The van der Waals surface area contributed by atoms with E-state index in [-0.39, 0.29) is 46.3 Å². The van der Waals surface area contributed by atoms with E-state index in [0.29, 0.717) is 26.4 Å². The van der Waals surface area contributed by atoms with E-state index >= 15 is 9.59 Å². The lowest BCUT2D eigenvalue weighted by Gasteiger charge is -2.50. The third kappa shape index (κ3) is 5.75. The Kier molecular flexibility index (Phi) is 9.49. The molecule has 6 unspecified atom stereocenters. The average Bonchev–Trinajstić information content (AvgIpc) is 3.57. The third-order valence-corrected chi connectivity index (χ3v) is 12.7. The van der Waals surface area contributed by atoms with Crippen LogP contribution in [0.5, 0.6) is 23.0 Å². The summed E-state index contributed by atoms with van der Waals surface area (Å²) < 4.78 is 11.5. The van der Waals surface area contributed by atoms with E-state index in [1.54, 1.807) is 42.5 Å². The van der Waals surface area contributed by atoms with Gasteiger partial charge in [0, 0.05) is 27.0 Å². The van der Waals surface area contributed by atoms with Crippen LogP contribution in [0.1, 0.15) is 40.2 Å². The zero-order valence-corrected chi connectivity index (χ0v) is 33.1. The summed E-state index contributed by atoms with van der Waals surface area (Å²) in [5.74, 6) is -9.23. The average molecular weight is 878 g/mol. The summed E-state index contributed by atoms with van der Waals surface area (Å²) in [6, 6.07) is 17.9. The molecule has 4 aliphatic rings. The van der Waals surface area contributed by atoms with Crippen LogP contribution in [-0.2, 0) is 24.6 Å². The maximum atomic E-state index is 15.5. The van der Waals surface area contributed by atoms with Crippen LogP contribution in [0.3, 0.4) is 0 Å². The molecule has 3 fully saturated rings. The third-order valence-electron chi connectivity index (χ3n) is 11.7. The highest BCUT2D eigenvalue weighted by Crippen LogP contribution is 2.65. The first-order valence-corrected chi connectivity index (χ1v) is 19.2. The van der Waals surface area contributed by atoms with Crippen LogP contribution in [0.15, 0.2) is 88.9 Å². The number of allylic oxidation sites excluding steroid dienone is 2. The molecule has 57 heavy (non-hydrogen) atoms. The number of carboxylic acid groups (broad SMARTS) is 1. The minimum Gasteiger partial charge on any atom is -0.507 e. The summed E-state index contributed by atoms with van der Waals surface area (Å²) >= 11 is 16.2. The summed E-state index contributed by atoms with van der Waals surface area (Å²) in [7, 11) is 2.88. The Labute approximate surface area is 343 Å².